The summed E-state index contributed by atoms with van der Waals surface area (Å²) in [4.78, 5) is 25.7. The second-order valence-electron chi connectivity index (χ2n) is 8.25. The smallest absolute Gasteiger partial charge is 0.333 e. The SMILES string of the molecule is CCOC(Cc1ccc(OCCN(CC(C)C)C(=O)NC2CCCC2)cc1)C(=O)O. The molecule has 0 heterocycles. The van der Waals surface area contributed by atoms with Crippen molar-refractivity contribution in [3.8, 4) is 5.75 Å². The number of hydrogen-bond donors (Lipinski definition) is 2. The molecule has 2 N–H and O–H groups in total. The third-order valence-corrected chi connectivity index (χ3v) is 5.17. The van der Waals surface area contributed by atoms with E-state index in [1.54, 1.807) is 6.92 Å². The summed E-state index contributed by atoms with van der Waals surface area (Å²) in [5, 5.41) is 12.3. The summed E-state index contributed by atoms with van der Waals surface area (Å²) in [6.07, 6.45) is 3.97. The molecule has 2 rings (SSSR count). The molecule has 0 aromatic heterocycles. The zero-order valence-corrected chi connectivity index (χ0v) is 18.4. The van der Waals surface area contributed by atoms with Crippen LogP contribution in [0, 0.1) is 5.92 Å². The summed E-state index contributed by atoms with van der Waals surface area (Å²) in [7, 11) is 0. The van der Waals surface area contributed by atoms with Gasteiger partial charge in [0.2, 0.25) is 0 Å². The number of carboxylic acids is 1. The molecule has 1 atom stereocenters. The lowest BCUT2D eigenvalue weighted by Gasteiger charge is -2.26. The van der Waals surface area contributed by atoms with Crippen LogP contribution < -0.4 is 10.1 Å². The quantitative estimate of drug-likeness (QED) is 0.538. The molecule has 0 bridgehead atoms. The molecule has 30 heavy (non-hydrogen) atoms. The number of rotatable bonds is 12. The van der Waals surface area contributed by atoms with Gasteiger partial charge in [0.1, 0.15) is 12.4 Å². The van der Waals surface area contributed by atoms with Crippen LogP contribution in [0.5, 0.6) is 5.75 Å². The fourth-order valence-corrected chi connectivity index (χ4v) is 3.68. The summed E-state index contributed by atoms with van der Waals surface area (Å²) in [5.74, 6) is 0.118. The van der Waals surface area contributed by atoms with E-state index < -0.39 is 12.1 Å². The standard InChI is InChI=1S/C23H36N2O5/c1-4-29-21(22(26)27)15-18-9-11-20(12-10-18)30-14-13-25(16-17(2)3)23(28)24-19-7-5-6-8-19/h9-12,17,19,21H,4-8,13-16H2,1-3H3,(H,24,28)(H,26,27). The average molecular weight is 421 g/mol. The zero-order chi connectivity index (χ0) is 21.9. The summed E-state index contributed by atoms with van der Waals surface area (Å²) >= 11 is 0. The first kappa shape index (κ1) is 24.0. The highest BCUT2D eigenvalue weighted by Crippen LogP contribution is 2.18. The van der Waals surface area contributed by atoms with Crippen molar-refractivity contribution in [2.45, 2.75) is 65.0 Å². The predicted molar refractivity (Wildman–Crippen MR) is 116 cm³/mol. The molecule has 1 aromatic carbocycles. The van der Waals surface area contributed by atoms with Gasteiger partial charge < -0.3 is 24.8 Å². The van der Waals surface area contributed by atoms with Gasteiger partial charge in [0.15, 0.2) is 6.10 Å². The van der Waals surface area contributed by atoms with E-state index in [1.807, 2.05) is 29.2 Å². The number of nitrogens with zero attached hydrogens (tertiary/aromatic N) is 1. The van der Waals surface area contributed by atoms with Crippen LogP contribution in [0.4, 0.5) is 4.79 Å². The molecule has 0 saturated heterocycles. The van der Waals surface area contributed by atoms with Gasteiger partial charge in [0.25, 0.3) is 0 Å². The van der Waals surface area contributed by atoms with Crippen molar-refractivity contribution in [1.82, 2.24) is 10.2 Å². The Labute approximate surface area is 179 Å². The Hall–Kier alpha value is -2.28. The molecule has 0 radical (unpaired) electrons. The van der Waals surface area contributed by atoms with Gasteiger partial charge >= 0.3 is 12.0 Å². The van der Waals surface area contributed by atoms with Crippen molar-refractivity contribution in [2.75, 3.05) is 26.3 Å². The molecule has 2 amide bonds. The summed E-state index contributed by atoms with van der Waals surface area (Å²) in [5.41, 5.74) is 0.876. The highest BCUT2D eigenvalue weighted by atomic mass is 16.5. The summed E-state index contributed by atoms with van der Waals surface area (Å²) in [6.45, 7) is 7.95. The maximum Gasteiger partial charge on any atom is 0.333 e. The lowest BCUT2D eigenvalue weighted by Crippen LogP contribution is -2.46. The minimum atomic E-state index is -0.960. The average Bonchev–Trinajstić information content (AvgIpc) is 3.20. The Balaban J connectivity index is 1.83. The van der Waals surface area contributed by atoms with E-state index in [0.29, 0.717) is 50.4 Å². The largest absolute Gasteiger partial charge is 0.492 e. The van der Waals surface area contributed by atoms with Crippen molar-refractivity contribution >= 4 is 12.0 Å². The summed E-state index contributed by atoms with van der Waals surface area (Å²) in [6, 6.07) is 7.64. The predicted octanol–water partition coefficient (Wildman–Crippen LogP) is 3.71. The van der Waals surface area contributed by atoms with Crippen molar-refractivity contribution < 1.29 is 24.2 Å². The van der Waals surface area contributed by atoms with Crippen molar-refractivity contribution in [1.29, 1.82) is 0 Å². The second kappa shape index (κ2) is 12.4. The van der Waals surface area contributed by atoms with Crippen LogP contribution in [0.3, 0.4) is 0 Å². The molecule has 0 spiro atoms. The first-order valence-electron chi connectivity index (χ1n) is 11.0. The number of ether oxygens (including phenoxy) is 2. The Morgan fingerprint density at radius 3 is 2.43 bits per heavy atom. The van der Waals surface area contributed by atoms with Gasteiger partial charge in [0, 0.05) is 25.6 Å². The van der Waals surface area contributed by atoms with Gasteiger partial charge in [-0.15, -0.1) is 0 Å². The maximum atomic E-state index is 12.6. The topological polar surface area (TPSA) is 88.1 Å². The minimum absolute atomic E-state index is 0.00909. The van der Waals surface area contributed by atoms with E-state index in [1.165, 1.54) is 12.8 Å². The molecule has 1 fully saturated rings. The van der Waals surface area contributed by atoms with Crippen LogP contribution in [0.25, 0.3) is 0 Å². The second-order valence-corrected chi connectivity index (χ2v) is 8.25. The van der Waals surface area contributed by atoms with Crippen LogP contribution in [-0.4, -0.2) is 60.5 Å². The van der Waals surface area contributed by atoms with E-state index in [0.717, 1.165) is 18.4 Å². The van der Waals surface area contributed by atoms with E-state index in [4.69, 9.17) is 9.47 Å². The molecular weight excluding hydrogens is 384 g/mol. The molecule has 1 aromatic rings. The van der Waals surface area contributed by atoms with Gasteiger partial charge in [-0.05, 0) is 43.4 Å². The van der Waals surface area contributed by atoms with E-state index in [2.05, 4.69) is 19.2 Å². The van der Waals surface area contributed by atoms with Crippen LogP contribution in [-0.2, 0) is 16.0 Å². The number of nitrogens with one attached hydrogen (secondary N) is 1. The number of carbonyl (C=O) groups excluding carboxylic acids is 1. The number of carbonyl (C=O) groups is 2. The van der Waals surface area contributed by atoms with Gasteiger partial charge in [0.05, 0.1) is 6.54 Å². The van der Waals surface area contributed by atoms with Crippen LogP contribution in [0.2, 0.25) is 0 Å². The van der Waals surface area contributed by atoms with Gasteiger partial charge in [-0.25, -0.2) is 9.59 Å². The molecule has 1 aliphatic carbocycles. The highest BCUT2D eigenvalue weighted by Gasteiger charge is 2.21. The van der Waals surface area contributed by atoms with E-state index in [9.17, 15) is 14.7 Å². The monoisotopic (exact) mass is 420 g/mol. The van der Waals surface area contributed by atoms with Crippen molar-refractivity contribution in [3.05, 3.63) is 29.8 Å². The minimum Gasteiger partial charge on any atom is -0.492 e. The number of urea groups is 1. The Bertz CT molecular complexity index is 656. The summed E-state index contributed by atoms with van der Waals surface area (Å²) < 4.78 is 11.1. The van der Waals surface area contributed by atoms with Crippen molar-refractivity contribution in [2.24, 2.45) is 5.92 Å². The van der Waals surface area contributed by atoms with E-state index >= 15 is 0 Å². The molecule has 1 aliphatic rings. The fourth-order valence-electron chi connectivity index (χ4n) is 3.68. The lowest BCUT2D eigenvalue weighted by atomic mass is 10.1. The molecular formula is C23H36N2O5. The van der Waals surface area contributed by atoms with Gasteiger partial charge in [-0.3, -0.25) is 0 Å². The van der Waals surface area contributed by atoms with Crippen LogP contribution in [0.1, 0.15) is 52.0 Å². The normalized spacial score (nSPS) is 15.2. The van der Waals surface area contributed by atoms with Gasteiger partial charge in [-0.2, -0.15) is 0 Å². The molecule has 1 saturated carbocycles. The fraction of sp³-hybridized carbons (Fsp3) is 0.652. The Morgan fingerprint density at radius 1 is 1.20 bits per heavy atom. The number of carboxylic acid groups (broad SMARTS) is 1. The Morgan fingerprint density at radius 2 is 1.87 bits per heavy atom. The third-order valence-electron chi connectivity index (χ3n) is 5.17. The number of aliphatic carboxylic acids is 1. The Kier molecular flexibility index (Phi) is 9.94. The highest BCUT2D eigenvalue weighted by molar-refractivity contribution is 5.74. The molecule has 7 nitrogen and oxygen atoms in total. The molecule has 168 valence electrons. The molecule has 1 unspecified atom stereocenters. The first-order chi connectivity index (χ1) is 14.4. The van der Waals surface area contributed by atoms with Gasteiger partial charge in [-0.1, -0.05) is 38.8 Å². The molecule has 0 aliphatic heterocycles. The molecule has 7 heteroatoms. The van der Waals surface area contributed by atoms with E-state index in [-0.39, 0.29) is 6.03 Å². The number of amides is 2. The maximum absolute atomic E-state index is 12.6. The van der Waals surface area contributed by atoms with Crippen LogP contribution >= 0.6 is 0 Å². The number of hydrogen-bond acceptors (Lipinski definition) is 4. The first-order valence-corrected chi connectivity index (χ1v) is 11.0. The zero-order valence-electron chi connectivity index (χ0n) is 18.4. The van der Waals surface area contributed by atoms with Crippen LogP contribution in [0.15, 0.2) is 24.3 Å². The van der Waals surface area contributed by atoms with Crippen molar-refractivity contribution in [3.63, 3.8) is 0 Å². The lowest BCUT2D eigenvalue weighted by molar-refractivity contribution is -0.149. The number of benzene rings is 1. The third kappa shape index (κ3) is 8.22.